The van der Waals surface area contributed by atoms with Crippen molar-refractivity contribution in [1.29, 1.82) is 5.26 Å². The topological polar surface area (TPSA) is 120 Å². The molecule has 2 amide bonds. The zero-order valence-corrected chi connectivity index (χ0v) is 19.5. The van der Waals surface area contributed by atoms with Crippen molar-refractivity contribution in [1.82, 2.24) is 10.2 Å². The van der Waals surface area contributed by atoms with Gasteiger partial charge in [0.2, 0.25) is 5.91 Å². The molecular weight excluding hydrogens is 458 g/mol. The number of carboxylic acid groups (broad SMARTS) is 1. The Kier molecular flexibility index (Phi) is 7.61. The first-order chi connectivity index (χ1) is 17.5. The van der Waals surface area contributed by atoms with Crippen molar-refractivity contribution in [2.45, 2.75) is 38.1 Å². The van der Waals surface area contributed by atoms with Gasteiger partial charge in [0.15, 0.2) is 0 Å². The van der Waals surface area contributed by atoms with E-state index in [4.69, 9.17) is 4.74 Å². The maximum Gasteiger partial charge on any atom is 0.411 e. The monoisotopic (exact) mass is 483 g/mol. The number of rotatable bonds is 7. The van der Waals surface area contributed by atoms with Gasteiger partial charge in [0, 0.05) is 12.8 Å². The number of carbonyl (C=O) groups excluding carboxylic acids is 2. The number of hydrogen-bond donors (Lipinski definition) is 2. The Bertz CT molecular complexity index is 1300. The van der Waals surface area contributed by atoms with Gasteiger partial charge >= 0.3 is 12.1 Å². The number of hydrogen-bond acceptors (Lipinski definition) is 5. The number of ether oxygens (including phenoxy) is 1. The molecule has 8 heteroatoms. The summed E-state index contributed by atoms with van der Waals surface area (Å²) in [6.07, 6.45) is -0.494. The molecule has 2 atom stereocenters. The van der Waals surface area contributed by atoms with Crippen LogP contribution >= 0.6 is 0 Å². The van der Waals surface area contributed by atoms with Gasteiger partial charge in [-0.3, -0.25) is 9.69 Å². The molecule has 0 unspecified atom stereocenters. The van der Waals surface area contributed by atoms with Crippen LogP contribution in [0.1, 0.15) is 27.8 Å². The summed E-state index contributed by atoms with van der Waals surface area (Å²) in [7, 11) is 0. The number of amides is 2. The van der Waals surface area contributed by atoms with Gasteiger partial charge in [-0.25, -0.2) is 9.59 Å². The highest BCUT2D eigenvalue weighted by Crippen LogP contribution is 2.25. The molecule has 0 radical (unpaired) electrons. The number of nitrogens with one attached hydrogen (secondary N) is 1. The third-order valence-electron chi connectivity index (χ3n) is 6.17. The summed E-state index contributed by atoms with van der Waals surface area (Å²) in [5, 5.41) is 21.7. The maximum absolute atomic E-state index is 13.4. The molecular formula is C28H25N3O5. The minimum absolute atomic E-state index is 0.0505. The quantitative estimate of drug-likeness (QED) is 0.531. The van der Waals surface area contributed by atoms with Crippen molar-refractivity contribution < 1.29 is 24.2 Å². The van der Waals surface area contributed by atoms with Crippen molar-refractivity contribution in [2.24, 2.45) is 0 Å². The second-order valence-corrected chi connectivity index (χ2v) is 8.53. The van der Waals surface area contributed by atoms with Gasteiger partial charge in [-0.05, 0) is 28.3 Å². The Morgan fingerprint density at radius 3 is 2.39 bits per heavy atom. The first-order valence-electron chi connectivity index (χ1n) is 11.5. The summed E-state index contributed by atoms with van der Waals surface area (Å²) in [5.41, 5.74) is 3.48. The molecule has 2 N–H and O–H groups in total. The van der Waals surface area contributed by atoms with Crippen LogP contribution in [0, 0.1) is 11.3 Å². The molecule has 0 fully saturated rings. The fraction of sp³-hybridized carbons (Fsp3) is 0.214. The highest BCUT2D eigenvalue weighted by atomic mass is 16.6. The van der Waals surface area contributed by atoms with Crippen LogP contribution in [0.3, 0.4) is 0 Å². The lowest BCUT2D eigenvalue weighted by Gasteiger charge is -2.35. The van der Waals surface area contributed by atoms with Crippen LogP contribution in [-0.4, -0.2) is 40.1 Å². The van der Waals surface area contributed by atoms with E-state index in [1.54, 1.807) is 24.3 Å². The molecule has 182 valence electrons. The predicted octanol–water partition coefficient (Wildman–Crippen LogP) is 3.43. The molecule has 4 rings (SSSR count). The Morgan fingerprint density at radius 1 is 1.00 bits per heavy atom. The molecule has 0 bridgehead atoms. The summed E-state index contributed by atoms with van der Waals surface area (Å²) in [6.45, 7) is 0.214. The van der Waals surface area contributed by atoms with Gasteiger partial charge in [-0.15, -0.1) is 0 Å². The first-order valence-corrected chi connectivity index (χ1v) is 11.5. The van der Waals surface area contributed by atoms with Crippen molar-refractivity contribution in [2.75, 3.05) is 0 Å². The molecule has 0 spiro atoms. The second kappa shape index (κ2) is 11.2. The van der Waals surface area contributed by atoms with Crippen molar-refractivity contribution >= 4 is 18.0 Å². The van der Waals surface area contributed by atoms with Crippen molar-refractivity contribution in [3.05, 3.63) is 107 Å². The molecule has 36 heavy (non-hydrogen) atoms. The molecule has 1 aliphatic rings. The number of carboxylic acids is 1. The molecule has 0 aliphatic carbocycles. The molecule has 1 aliphatic heterocycles. The fourth-order valence-corrected chi connectivity index (χ4v) is 4.25. The van der Waals surface area contributed by atoms with Crippen LogP contribution < -0.4 is 5.32 Å². The minimum Gasteiger partial charge on any atom is -0.480 e. The summed E-state index contributed by atoms with van der Waals surface area (Å²) in [5.74, 6) is -1.83. The van der Waals surface area contributed by atoms with Crippen LogP contribution in [0.25, 0.3) is 0 Å². The van der Waals surface area contributed by atoms with Gasteiger partial charge in [0.25, 0.3) is 0 Å². The van der Waals surface area contributed by atoms with Crippen LogP contribution in [0.4, 0.5) is 4.79 Å². The molecule has 0 saturated carbocycles. The first kappa shape index (κ1) is 24.5. The normalized spacial score (nSPS) is 15.2. The number of aliphatic carboxylic acids is 1. The Balaban J connectivity index is 1.53. The number of fused-ring (bicyclic) bond motifs is 1. The van der Waals surface area contributed by atoms with Gasteiger partial charge in [-0.1, -0.05) is 72.8 Å². The predicted molar refractivity (Wildman–Crippen MR) is 131 cm³/mol. The fourth-order valence-electron chi connectivity index (χ4n) is 4.25. The summed E-state index contributed by atoms with van der Waals surface area (Å²) in [6, 6.07) is 23.2. The van der Waals surface area contributed by atoms with E-state index in [1.807, 2.05) is 60.7 Å². The Hall–Kier alpha value is -4.64. The summed E-state index contributed by atoms with van der Waals surface area (Å²) in [4.78, 5) is 39.8. The standard InChI is InChI=1S/C28H25N3O5/c29-16-22-12-6-4-10-20(22)14-24(27(33)34)30-26(32)25-15-21-11-5-7-13-23(21)17-31(25)28(35)36-18-19-8-2-1-3-9-19/h1-13,24-25H,14-15,17-18H2,(H,30,32)(H,33,34)/t24-,25+/m1/s1. The summed E-state index contributed by atoms with van der Waals surface area (Å²) < 4.78 is 5.50. The molecule has 3 aromatic rings. The van der Waals surface area contributed by atoms with Crippen LogP contribution in [0.2, 0.25) is 0 Å². The average molecular weight is 484 g/mol. The second-order valence-electron chi connectivity index (χ2n) is 8.53. The lowest BCUT2D eigenvalue weighted by molar-refractivity contribution is -0.142. The van der Waals surface area contributed by atoms with Gasteiger partial charge in [0.1, 0.15) is 18.7 Å². The van der Waals surface area contributed by atoms with Crippen molar-refractivity contribution in [3.63, 3.8) is 0 Å². The highest BCUT2D eigenvalue weighted by molar-refractivity contribution is 5.90. The zero-order valence-electron chi connectivity index (χ0n) is 19.5. The van der Waals surface area contributed by atoms with E-state index >= 15 is 0 Å². The van der Waals surface area contributed by atoms with Crippen molar-refractivity contribution in [3.8, 4) is 6.07 Å². The molecule has 8 nitrogen and oxygen atoms in total. The number of carbonyl (C=O) groups is 3. The van der Waals surface area contributed by atoms with E-state index in [0.29, 0.717) is 11.1 Å². The van der Waals surface area contributed by atoms with E-state index in [2.05, 4.69) is 5.32 Å². The third kappa shape index (κ3) is 5.70. The van der Waals surface area contributed by atoms with Crippen LogP contribution in [0.5, 0.6) is 0 Å². The van der Waals surface area contributed by atoms with Gasteiger partial charge < -0.3 is 15.2 Å². The Morgan fingerprint density at radius 2 is 1.67 bits per heavy atom. The van der Waals surface area contributed by atoms with Crippen LogP contribution in [0.15, 0.2) is 78.9 Å². The van der Waals surface area contributed by atoms with Gasteiger partial charge in [-0.2, -0.15) is 5.26 Å². The van der Waals surface area contributed by atoms with E-state index in [9.17, 15) is 24.8 Å². The molecule has 1 heterocycles. The number of benzene rings is 3. The lowest BCUT2D eigenvalue weighted by Crippen LogP contribution is -2.56. The third-order valence-corrected chi connectivity index (χ3v) is 6.17. The van der Waals surface area contributed by atoms with Crippen LogP contribution in [-0.2, 0) is 40.3 Å². The van der Waals surface area contributed by atoms with E-state index in [1.165, 1.54) is 4.90 Å². The smallest absolute Gasteiger partial charge is 0.411 e. The largest absolute Gasteiger partial charge is 0.480 e. The van der Waals surface area contributed by atoms with E-state index in [0.717, 1.165) is 16.7 Å². The average Bonchev–Trinajstić information content (AvgIpc) is 2.91. The molecule has 3 aromatic carbocycles. The maximum atomic E-state index is 13.4. The molecule has 0 aromatic heterocycles. The Labute approximate surface area is 208 Å². The van der Waals surface area contributed by atoms with E-state index in [-0.39, 0.29) is 26.0 Å². The number of nitrogens with zero attached hydrogens (tertiary/aromatic N) is 2. The summed E-state index contributed by atoms with van der Waals surface area (Å²) >= 11 is 0. The highest BCUT2D eigenvalue weighted by Gasteiger charge is 2.37. The molecule has 0 saturated heterocycles. The van der Waals surface area contributed by atoms with Gasteiger partial charge in [0.05, 0.1) is 18.2 Å². The zero-order chi connectivity index (χ0) is 25.5. The minimum atomic E-state index is -1.27. The van der Waals surface area contributed by atoms with E-state index < -0.39 is 30.1 Å². The lowest BCUT2D eigenvalue weighted by atomic mass is 9.93. The SMILES string of the molecule is N#Cc1ccccc1C[C@@H](NC(=O)[C@@H]1Cc2ccccc2CN1C(=O)OCc1ccccc1)C(=O)O. The number of nitriles is 1.